The second-order valence-corrected chi connectivity index (χ2v) is 6.12. The zero-order chi connectivity index (χ0) is 16.9. The normalized spacial score (nSPS) is 18.0. The molecule has 0 saturated heterocycles. The van der Waals surface area contributed by atoms with Gasteiger partial charge in [0.25, 0.3) is 5.91 Å². The molecule has 1 saturated carbocycles. The molecule has 23 heavy (non-hydrogen) atoms. The van der Waals surface area contributed by atoms with Crippen LogP contribution >= 0.6 is 0 Å². The van der Waals surface area contributed by atoms with Crippen molar-refractivity contribution in [1.82, 2.24) is 0 Å². The number of nitrogens with two attached hydrogens (primary N) is 1. The number of amides is 2. The zero-order valence-corrected chi connectivity index (χ0v) is 13.7. The number of methoxy groups -OCH3 is 1. The summed E-state index contributed by atoms with van der Waals surface area (Å²) in [6.07, 6.45) is 3.97. The Kier molecular flexibility index (Phi) is 5.74. The van der Waals surface area contributed by atoms with E-state index in [4.69, 9.17) is 10.5 Å². The number of nitrogens with one attached hydrogen (secondary N) is 2. The van der Waals surface area contributed by atoms with Gasteiger partial charge in [0.05, 0.1) is 5.54 Å². The van der Waals surface area contributed by atoms with Crippen LogP contribution in [-0.2, 0) is 14.3 Å². The molecule has 0 spiro atoms. The van der Waals surface area contributed by atoms with Crippen molar-refractivity contribution in [1.29, 1.82) is 0 Å². The van der Waals surface area contributed by atoms with Crippen molar-refractivity contribution in [3.05, 3.63) is 24.3 Å². The molecule has 1 aromatic carbocycles. The third kappa shape index (κ3) is 4.53. The molecule has 2 amide bonds. The van der Waals surface area contributed by atoms with Gasteiger partial charge in [-0.2, -0.15) is 0 Å². The molecule has 1 aromatic rings. The topological polar surface area (TPSA) is 93.5 Å². The predicted octanol–water partition coefficient (Wildman–Crippen LogP) is 2.26. The Labute approximate surface area is 136 Å². The summed E-state index contributed by atoms with van der Waals surface area (Å²) >= 11 is 0. The van der Waals surface area contributed by atoms with Crippen LogP contribution in [0.1, 0.15) is 39.0 Å². The van der Waals surface area contributed by atoms with Crippen LogP contribution in [0.25, 0.3) is 0 Å². The van der Waals surface area contributed by atoms with E-state index in [0.29, 0.717) is 24.2 Å². The maximum atomic E-state index is 12.4. The first kappa shape index (κ1) is 17.4. The predicted molar refractivity (Wildman–Crippen MR) is 90.2 cm³/mol. The van der Waals surface area contributed by atoms with Crippen LogP contribution in [0.5, 0.6) is 0 Å². The summed E-state index contributed by atoms with van der Waals surface area (Å²) in [6, 6.07) is 7.02. The summed E-state index contributed by atoms with van der Waals surface area (Å²) in [7, 11) is 1.48. The molecule has 0 aliphatic heterocycles. The highest BCUT2D eigenvalue weighted by atomic mass is 16.5. The van der Waals surface area contributed by atoms with Crippen LogP contribution < -0.4 is 16.4 Å². The highest BCUT2D eigenvalue weighted by Crippen LogP contribution is 2.27. The van der Waals surface area contributed by atoms with E-state index in [1.807, 2.05) is 0 Å². The van der Waals surface area contributed by atoms with Gasteiger partial charge in [0.1, 0.15) is 6.10 Å². The number of carbonyl (C=O) groups excluding carboxylic acids is 2. The van der Waals surface area contributed by atoms with E-state index in [1.165, 1.54) is 7.11 Å². The molecule has 0 aromatic heterocycles. The monoisotopic (exact) mass is 319 g/mol. The molecule has 2 rings (SSSR count). The Morgan fingerprint density at radius 1 is 1.17 bits per heavy atom. The van der Waals surface area contributed by atoms with Gasteiger partial charge in [-0.1, -0.05) is 25.3 Å². The quantitative estimate of drug-likeness (QED) is 0.776. The van der Waals surface area contributed by atoms with Crippen LogP contribution in [0.4, 0.5) is 11.4 Å². The molecule has 1 aliphatic rings. The van der Waals surface area contributed by atoms with E-state index in [2.05, 4.69) is 10.6 Å². The average Bonchev–Trinajstić information content (AvgIpc) is 2.55. The van der Waals surface area contributed by atoms with Crippen LogP contribution in [0, 0.1) is 0 Å². The van der Waals surface area contributed by atoms with Gasteiger partial charge in [-0.3, -0.25) is 9.59 Å². The minimum atomic E-state index is -0.790. The van der Waals surface area contributed by atoms with Gasteiger partial charge in [0.2, 0.25) is 5.91 Å². The Hall–Kier alpha value is -1.92. The van der Waals surface area contributed by atoms with E-state index in [-0.39, 0.29) is 11.8 Å². The summed E-state index contributed by atoms with van der Waals surface area (Å²) in [6.45, 7) is 1.67. The molecule has 1 unspecified atom stereocenters. The fourth-order valence-electron chi connectivity index (χ4n) is 2.69. The molecule has 126 valence electrons. The van der Waals surface area contributed by atoms with Crippen molar-refractivity contribution in [2.24, 2.45) is 5.73 Å². The summed E-state index contributed by atoms with van der Waals surface area (Å²) < 4.78 is 4.97. The molecule has 0 heterocycles. The lowest BCUT2D eigenvalue weighted by Crippen LogP contribution is -2.52. The summed E-state index contributed by atoms with van der Waals surface area (Å²) in [5.74, 6) is -0.399. The van der Waals surface area contributed by atoms with E-state index in [0.717, 1.165) is 19.3 Å². The first-order chi connectivity index (χ1) is 10.9. The second kappa shape index (κ2) is 7.57. The molecule has 6 nitrogen and oxygen atoms in total. The lowest BCUT2D eigenvalue weighted by atomic mass is 9.82. The van der Waals surface area contributed by atoms with Gasteiger partial charge in [0.15, 0.2) is 0 Å². The summed E-state index contributed by atoms with van der Waals surface area (Å²) in [4.78, 5) is 24.3. The first-order valence-corrected chi connectivity index (χ1v) is 7.99. The fourth-order valence-corrected chi connectivity index (χ4v) is 2.69. The molecule has 4 N–H and O–H groups in total. The van der Waals surface area contributed by atoms with Crippen molar-refractivity contribution < 1.29 is 14.3 Å². The Morgan fingerprint density at radius 3 is 2.39 bits per heavy atom. The maximum Gasteiger partial charge on any atom is 0.253 e. The number of hydrogen-bond acceptors (Lipinski definition) is 4. The molecule has 0 radical (unpaired) electrons. The molecular weight excluding hydrogens is 294 g/mol. The average molecular weight is 319 g/mol. The van der Waals surface area contributed by atoms with Crippen molar-refractivity contribution in [2.75, 3.05) is 17.7 Å². The molecule has 0 bridgehead atoms. The van der Waals surface area contributed by atoms with Gasteiger partial charge in [0, 0.05) is 18.5 Å². The Bertz CT molecular complexity index is 568. The van der Waals surface area contributed by atoms with E-state index in [9.17, 15) is 9.59 Å². The van der Waals surface area contributed by atoms with Gasteiger partial charge >= 0.3 is 0 Å². The highest BCUT2D eigenvalue weighted by molar-refractivity contribution is 5.99. The maximum absolute atomic E-state index is 12.4. The molecule has 6 heteroatoms. The van der Waals surface area contributed by atoms with E-state index in [1.54, 1.807) is 31.2 Å². The number of ether oxygens (including phenoxy) is 1. The van der Waals surface area contributed by atoms with Crippen molar-refractivity contribution >= 4 is 23.2 Å². The van der Waals surface area contributed by atoms with Crippen LogP contribution in [0.2, 0.25) is 0 Å². The Morgan fingerprint density at radius 2 is 1.78 bits per heavy atom. The fraction of sp³-hybridized carbons (Fsp3) is 0.529. The largest absolute Gasteiger partial charge is 0.372 e. The van der Waals surface area contributed by atoms with E-state index >= 15 is 0 Å². The number of hydrogen-bond donors (Lipinski definition) is 3. The van der Waals surface area contributed by atoms with Gasteiger partial charge in [-0.25, -0.2) is 0 Å². The Balaban J connectivity index is 2.02. The first-order valence-electron chi connectivity index (χ1n) is 7.99. The number of anilines is 2. The summed E-state index contributed by atoms with van der Waals surface area (Å²) in [5.41, 5.74) is 6.66. The highest BCUT2D eigenvalue weighted by Gasteiger charge is 2.35. The lowest BCUT2D eigenvalue weighted by molar-refractivity contribution is -0.124. The SMILES string of the molecule is COC(C)C(=O)Nc1cccc(NC(=O)C2(N)CCCCC2)c1. The van der Waals surface area contributed by atoms with Gasteiger partial charge in [-0.15, -0.1) is 0 Å². The summed E-state index contributed by atoms with van der Waals surface area (Å²) in [5, 5.41) is 5.61. The number of benzene rings is 1. The molecular formula is C17H25N3O3. The van der Waals surface area contributed by atoms with Crippen molar-refractivity contribution in [3.8, 4) is 0 Å². The smallest absolute Gasteiger partial charge is 0.253 e. The second-order valence-electron chi connectivity index (χ2n) is 6.12. The number of rotatable bonds is 5. The third-order valence-electron chi connectivity index (χ3n) is 4.31. The molecule has 1 atom stereocenters. The lowest BCUT2D eigenvalue weighted by Gasteiger charge is -2.31. The van der Waals surface area contributed by atoms with Crippen molar-refractivity contribution in [2.45, 2.75) is 50.7 Å². The zero-order valence-electron chi connectivity index (χ0n) is 13.7. The molecule has 1 fully saturated rings. The minimum Gasteiger partial charge on any atom is -0.372 e. The van der Waals surface area contributed by atoms with Crippen LogP contribution in [0.15, 0.2) is 24.3 Å². The van der Waals surface area contributed by atoms with Gasteiger partial charge in [-0.05, 0) is 38.0 Å². The standard InChI is InChI=1S/C17H25N3O3/c1-12(23-2)15(21)19-13-7-6-8-14(11-13)20-16(22)17(18)9-4-3-5-10-17/h6-8,11-12H,3-5,9-10,18H2,1-2H3,(H,19,21)(H,20,22). The van der Waals surface area contributed by atoms with Crippen LogP contribution in [0.3, 0.4) is 0 Å². The number of carbonyl (C=O) groups is 2. The van der Waals surface area contributed by atoms with Crippen LogP contribution in [-0.4, -0.2) is 30.6 Å². The third-order valence-corrected chi connectivity index (χ3v) is 4.31. The van der Waals surface area contributed by atoms with Gasteiger partial charge < -0.3 is 21.1 Å². The molecule has 1 aliphatic carbocycles. The minimum absolute atomic E-state index is 0.161. The van der Waals surface area contributed by atoms with E-state index < -0.39 is 11.6 Å². The van der Waals surface area contributed by atoms with Crippen molar-refractivity contribution in [3.63, 3.8) is 0 Å².